The number of hydrogen-bond acceptors (Lipinski definition) is 3. The molecule has 2 aliphatic heterocycles. The first kappa shape index (κ1) is 16.7. The van der Waals surface area contributed by atoms with E-state index in [1.165, 1.54) is 6.42 Å². The second kappa shape index (κ2) is 7.20. The number of fused-ring (bicyclic) bond motifs is 1. The third-order valence-corrected chi connectivity index (χ3v) is 6.08. The number of hydrogen-bond donors (Lipinski definition) is 0. The number of carbonyl (C=O) groups is 2. The van der Waals surface area contributed by atoms with Gasteiger partial charge in [-0.1, -0.05) is 12.8 Å². The van der Waals surface area contributed by atoms with Crippen molar-refractivity contribution < 1.29 is 14.3 Å². The first-order valence-electron chi connectivity index (χ1n) is 9.27. The van der Waals surface area contributed by atoms with Crippen LogP contribution in [-0.4, -0.2) is 61.0 Å². The van der Waals surface area contributed by atoms with E-state index in [0.29, 0.717) is 25.5 Å². The third kappa shape index (κ3) is 3.12. The van der Waals surface area contributed by atoms with Gasteiger partial charge in [0.05, 0.1) is 12.0 Å². The van der Waals surface area contributed by atoms with Crippen molar-refractivity contribution in [2.24, 2.45) is 5.41 Å². The number of rotatable bonds is 4. The van der Waals surface area contributed by atoms with E-state index in [4.69, 9.17) is 4.74 Å². The number of likely N-dealkylation sites (tertiary alicyclic amines) is 2. The van der Waals surface area contributed by atoms with E-state index in [1.54, 1.807) is 7.11 Å². The second-order valence-electron chi connectivity index (χ2n) is 7.35. The molecule has 2 amide bonds. The normalized spacial score (nSPS) is 31.9. The van der Waals surface area contributed by atoms with Gasteiger partial charge in [-0.25, -0.2) is 0 Å². The molecule has 2 heterocycles. The molecule has 1 aliphatic carbocycles. The fraction of sp³-hybridized carbons (Fsp3) is 0.889. The summed E-state index contributed by atoms with van der Waals surface area (Å²) >= 11 is 0. The van der Waals surface area contributed by atoms with E-state index in [0.717, 1.165) is 58.0 Å². The molecule has 130 valence electrons. The fourth-order valence-corrected chi connectivity index (χ4v) is 4.85. The first-order chi connectivity index (χ1) is 11.2. The largest absolute Gasteiger partial charge is 0.383 e. The van der Waals surface area contributed by atoms with Crippen LogP contribution in [0.25, 0.3) is 0 Å². The average Bonchev–Trinajstić information content (AvgIpc) is 2.61. The van der Waals surface area contributed by atoms with Crippen LogP contribution in [0.1, 0.15) is 57.8 Å². The number of carbonyl (C=O) groups excluding carboxylic acids is 2. The number of nitrogens with zero attached hydrogens (tertiary/aromatic N) is 2. The molecule has 23 heavy (non-hydrogen) atoms. The van der Waals surface area contributed by atoms with Gasteiger partial charge in [-0.2, -0.15) is 0 Å². The molecule has 3 fully saturated rings. The van der Waals surface area contributed by atoms with Crippen LogP contribution < -0.4 is 0 Å². The fourth-order valence-electron chi connectivity index (χ4n) is 4.85. The molecule has 2 saturated heterocycles. The summed E-state index contributed by atoms with van der Waals surface area (Å²) in [4.78, 5) is 29.9. The zero-order chi connectivity index (χ0) is 16.3. The Hall–Kier alpha value is -1.10. The SMILES string of the molecule is COCCN1C(=O)CC[C@]2(C(=O)N3CCCCC3)CCCC[C@@H]12. The quantitative estimate of drug-likeness (QED) is 0.797. The maximum absolute atomic E-state index is 13.4. The Balaban J connectivity index is 1.83. The van der Waals surface area contributed by atoms with Crippen molar-refractivity contribution in [3.05, 3.63) is 0 Å². The molecule has 2 atom stereocenters. The standard InChI is InChI=1S/C18H30N2O3/c1-23-14-13-20-15-7-3-4-9-18(15,10-8-16(20)21)17(22)19-11-5-2-6-12-19/h15H,2-14H2,1H3/t15-,18-/m1/s1. The van der Waals surface area contributed by atoms with Gasteiger partial charge in [0.2, 0.25) is 11.8 Å². The molecular weight excluding hydrogens is 292 g/mol. The van der Waals surface area contributed by atoms with Gasteiger partial charge < -0.3 is 14.5 Å². The van der Waals surface area contributed by atoms with Gasteiger partial charge in [0.1, 0.15) is 0 Å². The zero-order valence-electron chi connectivity index (χ0n) is 14.4. The minimum absolute atomic E-state index is 0.0853. The predicted molar refractivity (Wildman–Crippen MR) is 87.9 cm³/mol. The minimum atomic E-state index is -0.322. The Bertz CT molecular complexity index is 448. The molecule has 0 bridgehead atoms. The van der Waals surface area contributed by atoms with Crippen LogP contribution in [0.4, 0.5) is 0 Å². The van der Waals surface area contributed by atoms with Gasteiger partial charge >= 0.3 is 0 Å². The van der Waals surface area contributed by atoms with Crippen LogP contribution in [0.2, 0.25) is 0 Å². The highest BCUT2D eigenvalue weighted by Gasteiger charge is 2.54. The lowest BCUT2D eigenvalue weighted by Crippen LogP contribution is -2.63. The van der Waals surface area contributed by atoms with Crippen molar-refractivity contribution in [1.29, 1.82) is 0 Å². The van der Waals surface area contributed by atoms with Gasteiger partial charge in [0.25, 0.3) is 0 Å². The van der Waals surface area contributed by atoms with Crippen molar-refractivity contribution >= 4 is 11.8 Å². The average molecular weight is 322 g/mol. The first-order valence-corrected chi connectivity index (χ1v) is 9.27. The molecule has 0 unspecified atom stereocenters. The number of amides is 2. The van der Waals surface area contributed by atoms with Gasteiger partial charge in [-0.05, 0) is 38.5 Å². The van der Waals surface area contributed by atoms with Crippen molar-refractivity contribution in [1.82, 2.24) is 9.80 Å². The molecule has 0 N–H and O–H groups in total. The van der Waals surface area contributed by atoms with E-state index in [9.17, 15) is 9.59 Å². The maximum Gasteiger partial charge on any atom is 0.230 e. The molecule has 5 nitrogen and oxygen atoms in total. The van der Waals surface area contributed by atoms with Gasteiger partial charge in [0.15, 0.2) is 0 Å². The Morgan fingerprint density at radius 3 is 2.70 bits per heavy atom. The van der Waals surface area contributed by atoms with Gasteiger partial charge in [-0.3, -0.25) is 9.59 Å². The highest BCUT2D eigenvalue weighted by atomic mass is 16.5. The predicted octanol–water partition coefficient (Wildman–Crippen LogP) is 2.20. The van der Waals surface area contributed by atoms with Crippen molar-refractivity contribution in [2.45, 2.75) is 63.8 Å². The summed E-state index contributed by atoms with van der Waals surface area (Å²) in [5.41, 5.74) is -0.322. The Labute approximate surface area is 139 Å². The Morgan fingerprint density at radius 1 is 1.17 bits per heavy atom. The second-order valence-corrected chi connectivity index (χ2v) is 7.35. The summed E-state index contributed by atoms with van der Waals surface area (Å²) in [7, 11) is 1.67. The highest BCUT2D eigenvalue weighted by molar-refractivity contribution is 5.88. The lowest BCUT2D eigenvalue weighted by Gasteiger charge is -2.53. The minimum Gasteiger partial charge on any atom is -0.383 e. The van der Waals surface area contributed by atoms with E-state index in [2.05, 4.69) is 4.90 Å². The van der Waals surface area contributed by atoms with Gasteiger partial charge in [-0.15, -0.1) is 0 Å². The Kier molecular flexibility index (Phi) is 5.24. The van der Waals surface area contributed by atoms with Crippen LogP contribution >= 0.6 is 0 Å². The summed E-state index contributed by atoms with van der Waals surface area (Å²) in [6, 6.07) is 0.0853. The smallest absolute Gasteiger partial charge is 0.230 e. The molecule has 1 saturated carbocycles. The van der Waals surface area contributed by atoms with Crippen LogP contribution in [0.3, 0.4) is 0 Å². The Morgan fingerprint density at radius 2 is 1.96 bits per heavy atom. The third-order valence-electron chi connectivity index (χ3n) is 6.08. The summed E-state index contributed by atoms with van der Waals surface area (Å²) in [6.07, 6.45) is 8.89. The molecule has 0 aromatic carbocycles. The van der Waals surface area contributed by atoms with Crippen LogP contribution in [-0.2, 0) is 14.3 Å². The maximum atomic E-state index is 13.4. The monoisotopic (exact) mass is 322 g/mol. The van der Waals surface area contributed by atoms with Crippen molar-refractivity contribution in [2.75, 3.05) is 33.4 Å². The molecule has 0 aromatic rings. The highest BCUT2D eigenvalue weighted by Crippen LogP contribution is 2.47. The lowest BCUT2D eigenvalue weighted by atomic mass is 9.64. The van der Waals surface area contributed by atoms with Crippen LogP contribution in [0.15, 0.2) is 0 Å². The molecule has 5 heteroatoms. The van der Waals surface area contributed by atoms with E-state index in [-0.39, 0.29) is 17.4 Å². The molecule has 3 rings (SSSR count). The topological polar surface area (TPSA) is 49.9 Å². The van der Waals surface area contributed by atoms with Crippen molar-refractivity contribution in [3.63, 3.8) is 0 Å². The van der Waals surface area contributed by atoms with E-state index < -0.39 is 0 Å². The summed E-state index contributed by atoms with van der Waals surface area (Å²) < 4.78 is 5.19. The van der Waals surface area contributed by atoms with Crippen molar-refractivity contribution in [3.8, 4) is 0 Å². The molecule has 3 aliphatic rings. The molecule has 0 spiro atoms. The molecule has 0 aromatic heterocycles. The number of ether oxygens (including phenoxy) is 1. The van der Waals surface area contributed by atoms with E-state index in [1.807, 2.05) is 4.90 Å². The van der Waals surface area contributed by atoms with Gasteiger partial charge in [0, 0.05) is 39.2 Å². The summed E-state index contributed by atoms with van der Waals surface area (Å²) in [5.74, 6) is 0.535. The number of piperidine rings is 2. The zero-order valence-corrected chi connectivity index (χ0v) is 14.4. The van der Waals surface area contributed by atoms with Crippen LogP contribution in [0, 0.1) is 5.41 Å². The summed E-state index contributed by atoms with van der Waals surface area (Å²) in [6.45, 7) is 2.98. The lowest BCUT2D eigenvalue weighted by molar-refractivity contribution is -0.163. The van der Waals surface area contributed by atoms with E-state index >= 15 is 0 Å². The van der Waals surface area contributed by atoms with Crippen LogP contribution in [0.5, 0.6) is 0 Å². The molecule has 0 radical (unpaired) electrons. The number of methoxy groups -OCH3 is 1. The molecular formula is C18H30N2O3. The summed E-state index contributed by atoms with van der Waals surface area (Å²) in [5, 5.41) is 0.